The molecule has 0 spiro atoms. The Kier molecular flexibility index (Phi) is 11.1. The number of piperidine rings is 1. The van der Waals surface area contributed by atoms with E-state index in [0.29, 0.717) is 37.9 Å². The third-order valence-corrected chi connectivity index (χ3v) is 13.0. The number of hydrogen-bond donors (Lipinski definition) is 1. The van der Waals surface area contributed by atoms with Crippen molar-refractivity contribution in [3.63, 3.8) is 0 Å². The number of nitrogens with zero attached hydrogens (tertiary/aromatic N) is 4. The average Bonchev–Trinajstić information content (AvgIpc) is 3.17. The van der Waals surface area contributed by atoms with Gasteiger partial charge in [-0.15, -0.1) is 0 Å². The number of carbonyl (C=O) groups is 1. The largest absolute Gasteiger partial charge is 0.379 e. The lowest BCUT2D eigenvalue weighted by Gasteiger charge is -2.52. The Bertz CT molecular complexity index is 1640. The molecule has 3 aromatic carbocycles. The highest BCUT2D eigenvalue weighted by Gasteiger charge is 2.48. The Morgan fingerprint density at radius 3 is 1.98 bits per heavy atom. The maximum absolute atomic E-state index is 14.0. The maximum Gasteiger partial charge on any atom is 0.363 e. The molecule has 1 N–H and O–H groups in total. The number of amides is 2. The summed E-state index contributed by atoms with van der Waals surface area (Å²) in [5.74, 6) is 0. The first kappa shape index (κ1) is 36.1. The predicted octanol–water partition coefficient (Wildman–Crippen LogP) is 6.61. The number of halogens is 1. The minimum absolute atomic E-state index is 0.0174. The first-order valence-electron chi connectivity index (χ1n) is 17.8. The van der Waals surface area contributed by atoms with E-state index in [0.717, 1.165) is 61.4 Å². The number of rotatable bonds is 10. The smallest absolute Gasteiger partial charge is 0.363 e. The fourth-order valence-corrected chi connectivity index (χ4v) is 9.77. The zero-order chi connectivity index (χ0) is 35.4. The lowest BCUT2D eigenvalue weighted by molar-refractivity contribution is -0.152. The minimum Gasteiger partial charge on any atom is -0.379 e. The second kappa shape index (κ2) is 15.7. The number of morpholine rings is 2. The molecule has 3 fully saturated rings. The number of allylic oxidation sites excluding steroid dienone is 1. The lowest BCUT2D eigenvalue weighted by atomic mass is 9.75. The van der Waals surface area contributed by atoms with Crippen LogP contribution in [-0.4, -0.2) is 103 Å². The molecule has 4 aliphatic rings. The summed E-state index contributed by atoms with van der Waals surface area (Å²) in [4.78, 5) is 19.9. The van der Waals surface area contributed by atoms with Crippen molar-refractivity contribution >= 4 is 24.1 Å². The van der Waals surface area contributed by atoms with Crippen LogP contribution in [0, 0.1) is 0 Å². The van der Waals surface area contributed by atoms with Crippen LogP contribution in [0.15, 0.2) is 115 Å². The van der Waals surface area contributed by atoms with Crippen LogP contribution in [0.4, 0.5) is 4.79 Å². The quantitative estimate of drug-likeness (QED) is 0.184. The van der Waals surface area contributed by atoms with Crippen molar-refractivity contribution in [1.29, 1.82) is 0 Å². The summed E-state index contributed by atoms with van der Waals surface area (Å²) >= 11 is 6.79. The molecule has 3 saturated heterocycles. The van der Waals surface area contributed by atoms with Crippen molar-refractivity contribution in [1.82, 2.24) is 24.7 Å². The second-order valence-corrected chi connectivity index (χ2v) is 16.6. The zero-order valence-electron chi connectivity index (χ0n) is 29.1. The number of benzene rings is 3. The maximum atomic E-state index is 14.0. The number of hydrogen-bond acceptors (Lipinski definition) is 7. The van der Waals surface area contributed by atoms with E-state index in [1.54, 1.807) is 15.8 Å². The van der Waals surface area contributed by atoms with E-state index in [-0.39, 0.29) is 12.6 Å². The van der Waals surface area contributed by atoms with Crippen LogP contribution in [0.25, 0.3) is 0 Å². The van der Waals surface area contributed by atoms with Gasteiger partial charge in [0.05, 0.1) is 31.5 Å². The highest BCUT2D eigenvalue weighted by Crippen LogP contribution is 2.57. The summed E-state index contributed by atoms with van der Waals surface area (Å²) in [6, 6.07) is 31.3. The number of urea groups is 1. The van der Waals surface area contributed by atoms with Crippen LogP contribution in [0.1, 0.15) is 36.5 Å². The molecule has 0 radical (unpaired) electrons. The van der Waals surface area contributed by atoms with E-state index >= 15 is 0 Å². The molecule has 51 heavy (non-hydrogen) atoms. The summed E-state index contributed by atoms with van der Waals surface area (Å²) in [6.45, 7) is 7.51. The van der Waals surface area contributed by atoms with E-state index in [4.69, 9.17) is 25.2 Å². The summed E-state index contributed by atoms with van der Waals surface area (Å²) in [7, 11) is 0. The van der Waals surface area contributed by atoms with Gasteiger partial charge in [-0.1, -0.05) is 97.6 Å². The Balaban J connectivity index is 1.21. The van der Waals surface area contributed by atoms with Crippen molar-refractivity contribution in [3.8, 4) is 0 Å². The number of nitrogens with one attached hydrogen (secondary N) is 1. The van der Waals surface area contributed by atoms with Gasteiger partial charge in [0.2, 0.25) is 0 Å². The Labute approximate surface area is 305 Å². The average molecular weight is 732 g/mol. The van der Waals surface area contributed by atoms with Gasteiger partial charge in [0.25, 0.3) is 0 Å². The van der Waals surface area contributed by atoms with E-state index < -0.39 is 24.7 Å². The first-order chi connectivity index (χ1) is 24.8. The van der Waals surface area contributed by atoms with Gasteiger partial charge in [-0.3, -0.25) is 19.3 Å². The molecule has 10 nitrogen and oxygen atoms in total. The standard InChI is InChI=1S/C39H47ClN5O5P/c1-30-26-45(38(46)41-31(30)2)37-28-43(39(32-12-6-3-7-13-32,33-14-8-4-9-15-33)34-16-10-5-11-17-34)27-36(50-37)29-49-51(40,47)44-20-18-35(19-21-44)42-22-24-48-25-23-42/h3-17,26,35-37H,2,18-25,27-29H2,1H3,(H,41,46). The molecule has 3 unspecified atom stereocenters. The molecule has 270 valence electrons. The molecule has 0 saturated carbocycles. The summed E-state index contributed by atoms with van der Waals surface area (Å²) < 4.78 is 34.2. The van der Waals surface area contributed by atoms with E-state index in [1.807, 2.05) is 25.1 Å². The first-order valence-corrected chi connectivity index (χ1v) is 20.3. The molecule has 12 heteroatoms. The zero-order valence-corrected chi connectivity index (χ0v) is 30.8. The summed E-state index contributed by atoms with van der Waals surface area (Å²) in [6.07, 6.45) is 2.23. The van der Waals surface area contributed by atoms with Gasteiger partial charge in [-0.2, -0.15) is 0 Å². The van der Waals surface area contributed by atoms with Crippen molar-refractivity contribution < 1.29 is 23.4 Å². The summed E-state index contributed by atoms with van der Waals surface area (Å²) in [5, 5.41) is 2.88. The molecular weight excluding hydrogens is 685 g/mol. The van der Waals surface area contributed by atoms with Gasteiger partial charge < -0.3 is 19.3 Å². The van der Waals surface area contributed by atoms with Gasteiger partial charge >= 0.3 is 12.9 Å². The fourth-order valence-electron chi connectivity index (χ4n) is 7.93. The molecule has 4 aliphatic heterocycles. The van der Waals surface area contributed by atoms with Crippen molar-refractivity contribution in [3.05, 3.63) is 132 Å². The third-order valence-electron chi connectivity index (χ3n) is 10.6. The molecule has 0 aromatic heterocycles. The van der Waals surface area contributed by atoms with Crippen molar-refractivity contribution in [2.75, 3.05) is 59.1 Å². The van der Waals surface area contributed by atoms with Crippen LogP contribution < -0.4 is 5.32 Å². The van der Waals surface area contributed by atoms with E-state index in [2.05, 4.69) is 94.5 Å². The van der Waals surface area contributed by atoms with Gasteiger partial charge in [0, 0.05) is 57.2 Å². The van der Waals surface area contributed by atoms with Crippen molar-refractivity contribution in [2.24, 2.45) is 0 Å². The number of ether oxygens (including phenoxy) is 2. The Morgan fingerprint density at radius 2 is 1.43 bits per heavy atom. The van der Waals surface area contributed by atoms with Crippen LogP contribution >= 0.6 is 18.1 Å². The molecule has 3 atom stereocenters. The normalized spacial score (nSPS) is 24.5. The second-order valence-electron chi connectivity index (χ2n) is 13.6. The molecular formula is C39H47ClN5O5P. The molecule has 0 bridgehead atoms. The lowest BCUT2D eigenvalue weighted by Crippen LogP contribution is -2.63. The van der Waals surface area contributed by atoms with Crippen LogP contribution in [0.2, 0.25) is 0 Å². The van der Waals surface area contributed by atoms with Gasteiger partial charge in [-0.25, -0.2) is 9.46 Å². The number of carbonyl (C=O) groups excluding carboxylic acids is 1. The third kappa shape index (κ3) is 7.61. The van der Waals surface area contributed by atoms with Crippen LogP contribution in [0.3, 0.4) is 0 Å². The highest BCUT2D eigenvalue weighted by atomic mass is 35.7. The van der Waals surface area contributed by atoms with Gasteiger partial charge in [0.1, 0.15) is 0 Å². The highest BCUT2D eigenvalue weighted by molar-refractivity contribution is 7.83. The molecule has 2 amide bonds. The topological polar surface area (TPSA) is 86.8 Å². The monoisotopic (exact) mass is 731 g/mol. The Hall–Kier alpha value is -3.31. The molecule has 7 rings (SSSR count). The van der Waals surface area contributed by atoms with Gasteiger partial charge in [0.15, 0.2) is 6.23 Å². The SMILES string of the molecule is C=C1NC(=O)N(C2CN(C(c3ccccc3)(c3ccccc3)c3ccccc3)CC(COP(=O)(Cl)N3CCC(N4CCOCC4)CC3)O2)C=C1C. The molecule has 0 aliphatic carbocycles. The van der Waals surface area contributed by atoms with Gasteiger partial charge in [-0.05, 0) is 53.3 Å². The fraction of sp³-hybridized carbons (Fsp3) is 0.410. The summed E-state index contributed by atoms with van der Waals surface area (Å²) in [5.41, 5.74) is 3.81. The minimum atomic E-state index is -3.67. The molecule has 4 heterocycles. The van der Waals surface area contributed by atoms with Crippen LogP contribution in [-0.2, 0) is 24.1 Å². The molecule has 3 aromatic rings. The van der Waals surface area contributed by atoms with E-state index in [9.17, 15) is 9.36 Å². The predicted molar refractivity (Wildman–Crippen MR) is 199 cm³/mol. The van der Waals surface area contributed by atoms with E-state index in [1.165, 1.54) is 0 Å². The van der Waals surface area contributed by atoms with Crippen LogP contribution in [0.5, 0.6) is 0 Å². The van der Waals surface area contributed by atoms with Crippen molar-refractivity contribution in [2.45, 2.75) is 43.7 Å². The Morgan fingerprint density at radius 1 is 0.882 bits per heavy atom.